The number of halogens is 2. The predicted octanol–water partition coefficient (Wildman–Crippen LogP) is -0.587. The first-order valence-corrected chi connectivity index (χ1v) is 6.62. The molecule has 0 unspecified atom stereocenters. The second-order valence-corrected chi connectivity index (χ2v) is 4.79. The van der Waals surface area contributed by atoms with Gasteiger partial charge >= 0.3 is 26.2 Å². The first-order chi connectivity index (χ1) is 9.34. The SMILES string of the molecule is CC1=[C-]CC=C1.[Cl-].[Cl-].[Zr+4].c1ccc2c(c1)[cH-]c1ccccc12. The van der Waals surface area contributed by atoms with Crippen molar-refractivity contribution in [3.05, 3.63) is 78.4 Å². The summed E-state index contributed by atoms with van der Waals surface area (Å²) in [5.41, 5.74) is 1.27. The molecule has 0 nitrogen and oxygen atoms in total. The van der Waals surface area contributed by atoms with Gasteiger partial charge in [0.15, 0.2) is 0 Å². The average molecular weight is 406 g/mol. The van der Waals surface area contributed by atoms with Crippen molar-refractivity contribution in [3.8, 4) is 0 Å². The third-order valence-electron chi connectivity index (χ3n) is 3.39. The van der Waals surface area contributed by atoms with Crippen LogP contribution in [0.2, 0.25) is 0 Å². The Labute approximate surface area is 163 Å². The van der Waals surface area contributed by atoms with E-state index in [0.717, 1.165) is 6.42 Å². The van der Waals surface area contributed by atoms with Crippen LogP contribution in [0.4, 0.5) is 0 Å². The zero-order chi connectivity index (χ0) is 13.1. The van der Waals surface area contributed by atoms with E-state index >= 15 is 0 Å². The molecule has 0 atom stereocenters. The van der Waals surface area contributed by atoms with Gasteiger partial charge in [-0.1, -0.05) is 43.3 Å². The van der Waals surface area contributed by atoms with Crippen LogP contribution in [0.1, 0.15) is 13.3 Å². The summed E-state index contributed by atoms with van der Waals surface area (Å²) < 4.78 is 0. The van der Waals surface area contributed by atoms with Crippen molar-refractivity contribution in [1.29, 1.82) is 0 Å². The van der Waals surface area contributed by atoms with Gasteiger partial charge in [0, 0.05) is 0 Å². The van der Waals surface area contributed by atoms with Crippen molar-refractivity contribution in [2.45, 2.75) is 13.3 Å². The fourth-order valence-electron chi connectivity index (χ4n) is 2.42. The van der Waals surface area contributed by atoms with Gasteiger partial charge in [-0.25, -0.2) is 11.6 Å². The molecule has 110 valence electrons. The van der Waals surface area contributed by atoms with Gasteiger partial charge in [-0.3, -0.25) is 6.08 Å². The summed E-state index contributed by atoms with van der Waals surface area (Å²) >= 11 is 0. The first kappa shape index (κ1) is 21.3. The second kappa shape index (κ2) is 10.1. The normalized spacial score (nSPS) is 11.6. The van der Waals surface area contributed by atoms with Crippen molar-refractivity contribution < 1.29 is 51.0 Å². The molecule has 0 saturated heterocycles. The second-order valence-electron chi connectivity index (χ2n) is 4.79. The van der Waals surface area contributed by atoms with Crippen LogP contribution in [0.25, 0.3) is 21.5 Å². The van der Waals surface area contributed by atoms with Crippen molar-refractivity contribution in [2.24, 2.45) is 0 Å². The molecular weight excluding hydrogens is 390 g/mol. The molecule has 3 heteroatoms. The maximum absolute atomic E-state index is 3.12. The van der Waals surface area contributed by atoms with Crippen LogP contribution >= 0.6 is 0 Å². The molecule has 0 aliphatic heterocycles. The molecule has 0 radical (unpaired) electrons. The van der Waals surface area contributed by atoms with Crippen LogP contribution in [0, 0.1) is 6.08 Å². The largest absolute Gasteiger partial charge is 4.00 e. The van der Waals surface area contributed by atoms with E-state index in [0.29, 0.717) is 0 Å². The summed E-state index contributed by atoms with van der Waals surface area (Å²) in [5, 5.41) is 5.39. The van der Waals surface area contributed by atoms with Crippen LogP contribution in [0.5, 0.6) is 0 Å². The molecule has 3 aromatic carbocycles. The number of fused-ring (bicyclic) bond motifs is 3. The molecule has 1 aliphatic carbocycles. The zero-order valence-corrected chi connectivity index (χ0v) is 16.3. The molecule has 0 fully saturated rings. The van der Waals surface area contributed by atoms with E-state index in [4.69, 9.17) is 0 Å². The van der Waals surface area contributed by atoms with E-state index in [1.807, 2.05) is 0 Å². The van der Waals surface area contributed by atoms with Gasteiger partial charge in [0.2, 0.25) is 0 Å². The van der Waals surface area contributed by atoms with E-state index in [1.165, 1.54) is 27.1 Å². The molecule has 0 bridgehead atoms. The van der Waals surface area contributed by atoms with E-state index < -0.39 is 0 Å². The molecule has 0 N–H and O–H groups in total. The minimum atomic E-state index is 0. The van der Waals surface area contributed by atoms with Gasteiger partial charge in [0.1, 0.15) is 0 Å². The maximum Gasteiger partial charge on any atom is 4.00 e. The van der Waals surface area contributed by atoms with Crippen molar-refractivity contribution in [3.63, 3.8) is 0 Å². The van der Waals surface area contributed by atoms with Crippen molar-refractivity contribution >= 4 is 21.5 Å². The van der Waals surface area contributed by atoms with Crippen molar-refractivity contribution in [1.82, 2.24) is 0 Å². The Balaban J connectivity index is 0.000000429. The minimum absolute atomic E-state index is 0. The standard InChI is InChI=1S/C13H9.C6H7.2ClH.Zr/c1-3-7-12-10(5-1)9-11-6-2-4-8-13(11)12;1-6-4-2-3-5-6;;;/h1-9H;2,4H,3H2,1H3;2*1H;/q2*-1;;;+4/p-2. The van der Waals surface area contributed by atoms with Crippen LogP contribution in [-0.4, -0.2) is 0 Å². The topological polar surface area (TPSA) is 0 Å². The third-order valence-corrected chi connectivity index (χ3v) is 3.39. The summed E-state index contributed by atoms with van der Waals surface area (Å²) in [6.45, 7) is 2.06. The number of rotatable bonds is 0. The Bertz CT molecular complexity index is 716. The molecule has 0 spiro atoms. The molecule has 1 aliphatic rings. The summed E-state index contributed by atoms with van der Waals surface area (Å²) in [7, 11) is 0. The van der Waals surface area contributed by atoms with Crippen LogP contribution in [0.3, 0.4) is 0 Å². The smallest absolute Gasteiger partial charge is 1.00 e. The van der Waals surface area contributed by atoms with Gasteiger partial charge in [0.05, 0.1) is 0 Å². The Hall–Kier alpha value is -0.747. The van der Waals surface area contributed by atoms with Gasteiger partial charge in [-0.05, 0) is 0 Å². The van der Waals surface area contributed by atoms with Crippen LogP contribution < -0.4 is 24.8 Å². The molecule has 0 heterocycles. The maximum atomic E-state index is 3.12. The summed E-state index contributed by atoms with van der Waals surface area (Å²) in [5.74, 6) is 0. The molecule has 3 aromatic rings. The van der Waals surface area contributed by atoms with Gasteiger partial charge in [-0.2, -0.15) is 6.08 Å². The number of benzene rings is 2. The quantitative estimate of drug-likeness (QED) is 0.438. The van der Waals surface area contributed by atoms with Crippen LogP contribution in [0.15, 0.2) is 72.3 Å². The summed E-state index contributed by atoms with van der Waals surface area (Å²) in [6.07, 6.45) is 8.33. The number of allylic oxidation sites excluding steroid dienone is 4. The summed E-state index contributed by atoms with van der Waals surface area (Å²) in [4.78, 5) is 0. The Morgan fingerprint density at radius 1 is 0.864 bits per heavy atom. The van der Waals surface area contributed by atoms with E-state index in [9.17, 15) is 0 Å². The average Bonchev–Trinajstić information content (AvgIpc) is 3.06. The molecule has 0 amide bonds. The molecule has 22 heavy (non-hydrogen) atoms. The molecular formula is C19H16Cl2Zr. The summed E-state index contributed by atoms with van der Waals surface area (Å²) in [6, 6.07) is 19.3. The fourth-order valence-corrected chi connectivity index (χ4v) is 2.42. The van der Waals surface area contributed by atoms with E-state index in [-0.39, 0.29) is 51.0 Å². The van der Waals surface area contributed by atoms with Gasteiger partial charge < -0.3 is 24.8 Å². The predicted molar refractivity (Wildman–Crippen MR) is 83.2 cm³/mol. The number of hydrogen-bond acceptors (Lipinski definition) is 0. The number of hydrogen-bond donors (Lipinski definition) is 0. The fraction of sp³-hybridized carbons (Fsp3) is 0.105. The Morgan fingerprint density at radius 3 is 1.73 bits per heavy atom. The van der Waals surface area contributed by atoms with Gasteiger partial charge in [0.25, 0.3) is 0 Å². The Kier molecular flexibility index (Phi) is 9.76. The van der Waals surface area contributed by atoms with Crippen LogP contribution in [-0.2, 0) is 26.2 Å². The molecule has 4 rings (SSSR count). The molecule has 0 aromatic heterocycles. The molecule has 0 saturated carbocycles. The Morgan fingerprint density at radius 2 is 1.36 bits per heavy atom. The minimum Gasteiger partial charge on any atom is -1.00 e. The van der Waals surface area contributed by atoms with Crippen molar-refractivity contribution in [2.75, 3.05) is 0 Å². The van der Waals surface area contributed by atoms with Gasteiger partial charge in [-0.15, -0.1) is 46.2 Å². The monoisotopic (exact) mass is 404 g/mol. The van der Waals surface area contributed by atoms with E-state index in [2.05, 4.69) is 79.7 Å². The first-order valence-electron chi connectivity index (χ1n) is 6.62. The third kappa shape index (κ3) is 4.88. The van der Waals surface area contributed by atoms with E-state index in [1.54, 1.807) is 0 Å². The zero-order valence-electron chi connectivity index (χ0n) is 12.3.